The number of rotatable bonds is 13. The van der Waals surface area contributed by atoms with E-state index in [0.29, 0.717) is 23.8 Å². The molecule has 0 radical (unpaired) electrons. The van der Waals surface area contributed by atoms with E-state index >= 15 is 0 Å². The lowest BCUT2D eigenvalue weighted by Crippen LogP contribution is -2.46. The molecule has 9 nitrogen and oxygen atoms in total. The Morgan fingerprint density at radius 2 is 1.74 bits per heavy atom. The summed E-state index contributed by atoms with van der Waals surface area (Å²) in [7, 11) is -0.516. The fourth-order valence-electron chi connectivity index (χ4n) is 3.64. The SMILES string of the molecule is CCOc1ccccc1N(CCCC(=O)N(Cc1ccc(OC)cc1)[C@H](C)C(=O)NC)S(C)(=O)=O. The van der Waals surface area contributed by atoms with Crippen LogP contribution < -0.4 is 19.1 Å². The standard InChI is InChI=1S/C25H35N3O6S/c1-6-34-23-11-8-7-10-22(23)28(35(5,31)32)17-9-12-24(29)27(19(2)25(30)26-3)18-20-13-15-21(33-4)16-14-20/h7-8,10-11,13-16,19H,6,9,12,17-18H2,1-5H3,(H,26,30)/t19-/m1/s1. The van der Waals surface area contributed by atoms with Gasteiger partial charge in [-0.15, -0.1) is 0 Å². The van der Waals surface area contributed by atoms with Crippen molar-refractivity contribution in [2.24, 2.45) is 0 Å². The lowest BCUT2D eigenvalue weighted by atomic mass is 10.1. The van der Waals surface area contributed by atoms with Crippen molar-refractivity contribution >= 4 is 27.5 Å². The van der Waals surface area contributed by atoms with Gasteiger partial charge in [-0.3, -0.25) is 13.9 Å². The lowest BCUT2D eigenvalue weighted by molar-refractivity contribution is -0.140. The zero-order valence-corrected chi connectivity index (χ0v) is 21.8. The second-order valence-corrected chi connectivity index (χ2v) is 9.91. The number of benzene rings is 2. The second kappa shape index (κ2) is 13.0. The quantitative estimate of drug-likeness (QED) is 0.449. The van der Waals surface area contributed by atoms with Crippen LogP contribution in [0.15, 0.2) is 48.5 Å². The van der Waals surface area contributed by atoms with Crippen LogP contribution in [0.1, 0.15) is 32.3 Å². The second-order valence-electron chi connectivity index (χ2n) is 8.00. The third-order valence-corrected chi connectivity index (χ3v) is 6.69. The fourth-order valence-corrected chi connectivity index (χ4v) is 4.61. The Morgan fingerprint density at radius 3 is 2.31 bits per heavy atom. The van der Waals surface area contributed by atoms with E-state index in [0.717, 1.165) is 11.8 Å². The third kappa shape index (κ3) is 7.88. The number of methoxy groups -OCH3 is 1. The van der Waals surface area contributed by atoms with E-state index in [1.807, 2.05) is 19.1 Å². The van der Waals surface area contributed by atoms with Crippen molar-refractivity contribution in [2.45, 2.75) is 39.3 Å². The van der Waals surface area contributed by atoms with Gasteiger partial charge in [0.15, 0.2) is 0 Å². The first-order chi connectivity index (χ1) is 16.6. The fraction of sp³-hybridized carbons (Fsp3) is 0.440. The number of para-hydroxylation sites is 2. The molecule has 2 amide bonds. The molecular weight excluding hydrogens is 470 g/mol. The number of hydrogen-bond acceptors (Lipinski definition) is 6. The van der Waals surface area contributed by atoms with Crippen molar-refractivity contribution in [3.63, 3.8) is 0 Å². The Bertz CT molecular complexity index is 1090. The van der Waals surface area contributed by atoms with Crippen molar-refractivity contribution in [3.05, 3.63) is 54.1 Å². The number of carbonyl (C=O) groups is 2. The maximum atomic E-state index is 13.2. The van der Waals surface area contributed by atoms with Crippen LogP contribution >= 0.6 is 0 Å². The molecule has 192 valence electrons. The van der Waals surface area contributed by atoms with Crippen molar-refractivity contribution in [3.8, 4) is 11.5 Å². The van der Waals surface area contributed by atoms with Crippen LogP contribution in [-0.2, 0) is 26.2 Å². The van der Waals surface area contributed by atoms with Crippen LogP contribution in [0.2, 0.25) is 0 Å². The molecule has 10 heteroatoms. The van der Waals surface area contributed by atoms with Gasteiger partial charge in [0, 0.05) is 26.6 Å². The van der Waals surface area contributed by atoms with Crippen LogP contribution in [0.4, 0.5) is 5.69 Å². The minimum absolute atomic E-state index is 0.0698. The van der Waals surface area contributed by atoms with E-state index in [1.165, 1.54) is 16.3 Å². The van der Waals surface area contributed by atoms with Crippen molar-refractivity contribution < 1.29 is 27.5 Å². The zero-order chi connectivity index (χ0) is 26.0. The average Bonchev–Trinajstić information content (AvgIpc) is 2.84. The van der Waals surface area contributed by atoms with Gasteiger partial charge in [-0.05, 0) is 50.1 Å². The minimum Gasteiger partial charge on any atom is -0.497 e. The summed E-state index contributed by atoms with van der Waals surface area (Å²) in [4.78, 5) is 27.0. The number of anilines is 1. The molecule has 0 unspecified atom stereocenters. The van der Waals surface area contributed by atoms with E-state index in [2.05, 4.69) is 5.32 Å². The van der Waals surface area contributed by atoms with Gasteiger partial charge >= 0.3 is 0 Å². The summed E-state index contributed by atoms with van der Waals surface area (Å²) in [5.41, 5.74) is 1.27. The van der Waals surface area contributed by atoms with E-state index in [9.17, 15) is 18.0 Å². The molecule has 1 N–H and O–H groups in total. The Balaban J connectivity index is 2.18. The van der Waals surface area contributed by atoms with Crippen LogP contribution in [0.25, 0.3) is 0 Å². The first kappa shape index (κ1) is 28.0. The molecule has 0 saturated heterocycles. The van der Waals surface area contributed by atoms with Gasteiger partial charge in [-0.1, -0.05) is 24.3 Å². The summed E-state index contributed by atoms with van der Waals surface area (Å²) >= 11 is 0. The average molecular weight is 506 g/mol. The zero-order valence-electron chi connectivity index (χ0n) is 21.0. The maximum absolute atomic E-state index is 13.2. The highest BCUT2D eigenvalue weighted by Gasteiger charge is 2.26. The topological polar surface area (TPSA) is 105 Å². The Kier molecular flexibility index (Phi) is 10.4. The maximum Gasteiger partial charge on any atom is 0.242 e. The summed E-state index contributed by atoms with van der Waals surface area (Å²) < 4.78 is 37.1. The molecular formula is C25H35N3O6S. The largest absolute Gasteiger partial charge is 0.497 e. The van der Waals surface area contributed by atoms with Crippen molar-refractivity contribution in [1.29, 1.82) is 0 Å². The van der Waals surface area contributed by atoms with E-state index in [-0.39, 0.29) is 37.7 Å². The molecule has 0 aliphatic carbocycles. The molecule has 0 bridgehead atoms. The Morgan fingerprint density at radius 1 is 1.09 bits per heavy atom. The number of nitrogens with zero attached hydrogens (tertiary/aromatic N) is 2. The van der Waals surface area contributed by atoms with Gasteiger partial charge in [0.25, 0.3) is 0 Å². The molecule has 2 rings (SSSR count). The van der Waals surface area contributed by atoms with Crippen molar-refractivity contribution in [2.75, 3.05) is 37.9 Å². The number of carbonyl (C=O) groups excluding carboxylic acids is 2. The van der Waals surface area contributed by atoms with Crippen LogP contribution in [0.5, 0.6) is 11.5 Å². The van der Waals surface area contributed by atoms with Crippen LogP contribution in [-0.4, -0.2) is 64.7 Å². The summed E-state index contributed by atoms with van der Waals surface area (Å²) in [6, 6.07) is 13.5. The molecule has 1 atom stereocenters. The Labute approximate surface area is 208 Å². The molecule has 35 heavy (non-hydrogen) atoms. The first-order valence-corrected chi connectivity index (χ1v) is 13.3. The highest BCUT2D eigenvalue weighted by atomic mass is 32.2. The summed E-state index contributed by atoms with van der Waals surface area (Å²) in [6.45, 7) is 4.22. The summed E-state index contributed by atoms with van der Waals surface area (Å²) in [6.07, 6.45) is 1.47. The van der Waals surface area contributed by atoms with E-state index < -0.39 is 16.1 Å². The van der Waals surface area contributed by atoms with Gasteiger partial charge in [0.1, 0.15) is 17.5 Å². The molecule has 2 aromatic carbocycles. The summed E-state index contributed by atoms with van der Waals surface area (Å²) in [5.74, 6) is 0.624. The molecule has 0 aliphatic rings. The van der Waals surface area contributed by atoms with Gasteiger partial charge < -0.3 is 19.7 Å². The normalized spacial score (nSPS) is 11.9. The Hall–Kier alpha value is -3.27. The van der Waals surface area contributed by atoms with Gasteiger partial charge in [0.05, 0.1) is 25.7 Å². The molecule has 0 heterocycles. The highest BCUT2D eigenvalue weighted by Crippen LogP contribution is 2.30. The van der Waals surface area contributed by atoms with Gasteiger partial charge in [-0.25, -0.2) is 8.42 Å². The number of amides is 2. The van der Waals surface area contributed by atoms with Crippen LogP contribution in [0, 0.1) is 0 Å². The molecule has 2 aromatic rings. The number of likely N-dealkylation sites (N-methyl/N-ethyl adjacent to an activating group) is 1. The van der Waals surface area contributed by atoms with Crippen LogP contribution in [0.3, 0.4) is 0 Å². The smallest absolute Gasteiger partial charge is 0.242 e. The predicted molar refractivity (Wildman–Crippen MR) is 136 cm³/mol. The van der Waals surface area contributed by atoms with Gasteiger partial charge in [-0.2, -0.15) is 0 Å². The number of nitrogens with one attached hydrogen (secondary N) is 1. The molecule has 0 fully saturated rings. The van der Waals surface area contributed by atoms with E-state index in [1.54, 1.807) is 50.4 Å². The lowest BCUT2D eigenvalue weighted by Gasteiger charge is -2.29. The number of sulfonamides is 1. The highest BCUT2D eigenvalue weighted by molar-refractivity contribution is 7.92. The molecule has 0 saturated carbocycles. The first-order valence-electron chi connectivity index (χ1n) is 11.5. The third-order valence-electron chi connectivity index (χ3n) is 5.51. The predicted octanol–water partition coefficient (Wildman–Crippen LogP) is 2.80. The molecule has 0 aliphatic heterocycles. The monoisotopic (exact) mass is 505 g/mol. The molecule has 0 spiro atoms. The molecule has 0 aromatic heterocycles. The van der Waals surface area contributed by atoms with Crippen molar-refractivity contribution in [1.82, 2.24) is 10.2 Å². The van der Waals surface area contributed by atoms with Gasteiger partial charge in [0.2, 0.25) is 21.8 Å². The van der Waals surface area contributed by atoms with E-state index in [4.69, 9.17) is 9.47 Å². The number of ether oxygens (including phenoxy) is 2. The minimum atomic E-state index is -3.61. The number of hydrogen-bond donors (Lipinski definition) is 1. The summed E-state index contributed by atoms with van der Waals surface area (Å²) in [5, 5.41) is 2.58.